The Labute approximate surface area is 157 Å². The van der Waals surface area contributed by atoms with Crippen LogP contribution in [0, 0.1) is 11.3 Å². The zero-order valence-electron chi connectivity index (χ0n) is 13.8. The van der Waals surface area contributed by atoms with Crippen molar-refractivity contribution in [3.63, 3.8) is 0 Å². The average Bonchev–Trinajstić information content (AvgIpc) is 2.61. The Balaban J connectivity index is 2.44. The number of ketones is 2. The Bertz CT molecular complexity index is 1220. The molecule has 0 saturated heterocycles. The zero-order chi connectivity index (χ0) is 20.8. The predicted molar refractivity (Wildman–Crippen MR) is 91.8 cm³/mol. The van der Waals surface area contributed by atoms with Crippen molar-refractivity contribution in [2.75, 3.05) is 5.32 Å². The lowest BCUT2D eigenvalue weighted by atomic mass is 9.82. The van der Waals surface area contributed by atoms with E-state index in [-0.39, 0.29) is 11.1 Å². The Morgan fingerprint density at radius 2 is 1.57 bits per heavy atom. The van der Waals surface area contributed by atoms with E-state index in [1.807, 2.05) is 5.32 Å². The van der Waals surface area contributed by atoms with Crippen LogP contribution in [0.3, 0.4) is 0 Å². The third kappa shape index (κ3) is 2.77. The third-order valence-corrected chi connectivity index (χ3v) is 4.94. The maximum absolute atomic E-state index is 12.9. The Morgan fingerprint density at radius 1 is 1.04 bits per heavy atom. The molecule has 0 atom stereocenters. The van der Waals surface area contributed by atoms with Gasteiger partial charge in [0.2, 0.25) is 5.91 Å². The van der Waals surface area contributed by atoms with Gasteiger partial charge in [-0.05, 0) is 0 Å². The first-order chi connectivity index (χ1) is 13.1. The summed E-state index contributed by atoms with van der Waals surface area (Å²) in [6.07, 6.45) is -0.713. The van der Waals surface area contributed by atoms with Crippen molar-refractivity contribution in [3.8, 4) is 17.6 Å². The molecule has 4 N–H and O–H groups in total. The first-order valence-electron chi connectivity index (χ1n) is 7.54. The van der Waals surface area contributed by atoms with E-state index in [4.69, 9.17) is 5.26 Å². The van der Waals surface area contributed by atoms with Crippen LogP contribution in [0.4, 0.5) is 5.69 Å². The molecule has 11 heteroatoms. The number of nitrogens with zero attached hydrogens (tertiary/aromatic N) is 1. The molecule has 1 amide bonds. The van der Waals surface area contributed by atoms with Gasteiger partial charge in [-0.1, -0.05) is 24.3 Å². The first-order valence-corrected chi connectivity index (χ1v) is 8.98. The number of aromatic hydroxyl groups is 2. The molecule has 0 radical (unpaired) electrons. The minimum absolute atomic E-state index is 0.103. The summed E-state index contributed by atoms with van der Waals surface area (Å²) >= 11 is 0. The SMILES string of the molecule is N#CCC(=O)Nc1c(O)c(S(=O)(=O)O)c(O)c2c1C(=O)c1ccccc1C2=O. The van der Waals surface area contributed by atoms with E-state index < -0.39 is 67.2 Å². The van der Waals surface area contributed by atoms with Crippen molar-refractivity contribution in [2.45, 2.75) is 11.3 Å². The fourth-order valence-corrected chi connectivity index (χ4v) is 3.61. The smallest absolute Gasteiger partial charge is 0.302 e. The number of rotatable bonds is 3. The zero-order valence-corrected chi connectivity index (χ0v) is 14.6. The summed E-state index contributed by atoms with van der Waals surface area (Å²) < 4.78 is 32.6. The van der Waals surface area contributed by atoms with Crippen molar-refractivity contribution < 1.29 is 37.6 Å². The van der Waals surface area contributed by atoms with Crippen LogP contribution in [-0.4, -0.2) is 40.7 Å². The Morgan fingerprint density at radius 3 is 2.07 bits per heavy atom. The molecule has 0 unspecified atom stereocenters. The molecule has 10 nitrogen and oxygen atoms in total. The van der Waals surface area contributed by atoms with Crippen LogP contribution in [0.25, 0.3) is 0 Å². The molecule has 0 saturated carbocycles. The highest BCUT2D eigenvalue weighted by Crippen LogP contribution is 2.47. The highest BCUT2D eigenvalue weighted by molar-refractivity contribution is 7.86. The number of carbonyl (C=O) groups is 3. The number of carbonyl (C=O) groups excluding carboxylic acids is 3. The third-order valence-electron chi connectivity index (χ3n) is 4.04. The summed E-state index contributed by atoms with van der Waals surface area (Å²) in [5.41, 5.74) is -2.52. The standard InChI is InChI=1S/C17H10N2O8S/c18-6-5-9(20)19-12-10-11(15(23)17(16(12)24)28(25,26)27)14(22)8-4-2-1-3-7(8)13(10)21/h1-4,23-24H,5H2,(H,19,20)(H,25,26,27). The molecule has 1 aliphatic carbocycles. The number of nitriles is 1. The number of hydrogen-bond acceptors (Lipinski definition) is 8. The van der Waals surface area contributed by atoms with Gasteiger partial charge < -0.3 is 15.5 Å². The number of fused-ring (bicyclic) bond motifs is 2. The number of anilines is 1. The molecule has 3 rings (SSSR count). The van der Waals surface area contributed by atoms with Crippen molar-refractivity contribution in [3.05, 3.63) is 46.5 Å². The van der Waals surface area contributed by atoms with Gasteiger partial charge in [0.25, 0.3) is 0 Å². The fraction of sp³-hybridized carbons (Fsp3) is 0.0588. The Hall–Kier alpha value is -3.75. The average molecular weight is 402 g/mol. The second-order valence-electron chi connectivity index (χ2n) is 5.71. The van der Waals surface area contributed by atoms with Gasteiger partial charge in [-0.15, -0.1) is 0 Å². The van der Waals surface area contributed by atoms with Crippen LogP contribution in [0.5, 0.6) is 11.5 Å². The molecule has 142 valence electrons. The van der Waals surface area contributed by atoms with Crippen LogP contribution in [0.1, 0.15) is 38.3 Å². The van der Waals surface area contributed by atoms with Crippen LogP contribution >= 0.6 is 0 Å². The van der Waals surface area contributed by atoms with E-state index >= 15 is 0 Å². The van der Waals surface area contributed by atoms with Crippen molar-refractivity contribution in [2.24, 2.45) is 0 Å². The lowest BCUT2D eigenvalue weighted by molar-refractivity contribution is -0.115. The molecular formula is C17H10N2O8S. The van der Waals surface area contributed by atoms with Crippen molar-refractivity contribution in [1.82, 2.24) is 0 Å². The summed E-state index contributed by atoms with van der Waals surface area (Å²) in [5, 5.41) is 31.2. The second-order valence-corrected chi connectivity index (χ2v) is 7.07. The molecule has 0 bridgehead atoms. The van der Waals surface area contributed by atoms with Crippen molar-refractivity contribution >= 4 is 33.3 Å². The van der Waals surface area contributed by atoms with Gasteiger partial charge in [-0.2, -0.15) is 13.7 Å². The van der Waals surface area contributed by atoms with Gasteiger partial charge in [0, 0.05) is 11.1 Å². The van der Waals surface area contributed by atoms with Gasteiger partial charge >= 0.3 is 10.1 Å². The monoisotopic (exact) mass is 402 g/mol. The van der Waals surface area contributed by atoms with Gasteiger partial charge in [-0.25, -0.2) is 0 Å². The molecule has 0 aromatic heterocycles. The summed E-state index contributed by atoms with van der Waals surface area (Å²) in [6, 6.07) is 6.97. The number of nitrogens with one attached hydrogen (secondary N) is 1. The topological polar surface area (TPSA) is 182 Å². The molecule has 28 heavy (non-hydrogen) atoms. The van der Waals surface area contributed by atoms with Gasteiger partial charge in [0.1, 0.15) is 6.42 Å². The number of phenols is 2. The number of benzene rings is 2. The van der Waals surface area contributed by atoms with Crippen molar-refractivity contribution in [1.29, 1.82) is 5.26 Å². The van der Waals surface area contributed by atoms with E-state index in [1.54, 1.807) is 0 Å². The number of phenolic OH excluding ortho intramolecular Hbond substituents is 2. The molecule has 0 spiro atoms. The van der Waals surface area contributed by atoms with E-state index in [0.717, 1.165) is 0 Å². The van der Waals surface area contributed by atoms with Crippen LogP contribution in [-0.2, 0) is 14.9 Å². The number of hydrogen-bond donors (Lipinski definition) is 4. The quantitative estimate of drug-likeness (QED) is 0.282. The highest BCUT2D eigenvalue weighted by Gasteiger charge is 2.40. The van der Waals surface area contributed by atoms with Gasteiger partial charge in [0.05, 0.1) is 22.9 Å². The lowest BCUT2D eigenvalue weighted by Crippen LogP contribution is -2.25. The Kier molecular flexibility index (Phi) is 4.38. The number of amides is 1. The van der Waals surface area contributed by atoms with Crippen LogP contribution < -0.4 is 5.32 Å². The van der Waals surface area contributed by atoms with Crippen LogP contribution in [0.2, 0.25) is 0 Å². The minimum atomic E-state index is -5.27. The molecule has 1 aliphatic rings. The molecule has 0 fully saturated rings. The second kappa shape index (κ2) is 6.45. The van der Waals surface area contributed by atoms with Gasteiger partial charge in [0.15, 0.2) is 28.0 Å². The maximum atomic E-state index is 12.9. The summed E-state index contributed by atoms with van der Waals surface area (Å²) in [6.45, 7) is 0. The predicted octanol–water partition coefficient (Wildman–Crippen LogP) is 0.972. The van der Waals surface area contributed by atoms with E-state index in [0.29, 0.717) is 0 Å². The van der Waals surface area contributed by atoms with Gasteiger partial charge in [-0.3, -0.25) is 18.9 Å². The van der Waals surface area contributed by atoms with Crippen LogP contribution in [0.15, 0.2) is 29.2 Å². The van der Waals surface area contributed by atoms with E-state index in [1.165, 1.54) is 30.3 Å². The summed E-state index contributed by atoms with van der Waals surface area (Å²) in [7, 11) is -5.27. The van der Waals surface area contributed by atoms with E-state index in [2.05, 4.69) is 0 Å². The normalized spacial score (nSPS) is 12.7. The molecule has 0 heterocycles. The maximum Gasteiger partial charge on any atom is 0.302 e. The lowest BCUT2D eigenvalue weighted by Gasteiger charge is -2.23. The highest BCUT2D eigenvalue weighted by atomic mass is 32.2. The summed E-state index contributed by atoms with van der Waals surface area (Å²) in [5.74, 6) is -5.54. The largest absolute Gasteiger partial charge is 0.506 e. The fourth-order valence-electron chi connectivity index (χ4n) is 2.92. The molecule has 2 aromatic carbocycles. The van der Waals surface area contributed by atoms with E-state index in [9.17, 15) is 37.6 Å². The minimum Gasteiger partial charge on any atom is -0.506 e. The molecule has 2 aromatic rings. The first kappa shape index (κ1) is 19.0. The molecule has 0 aliphatic heterocycles. The molecular weight excluding hydrogens is 392 g/mol. The summed E-state index contributed by atoms with van der Waals surface area (Å²) in [4.78, 5) is 36.0.